The summed E-state index contributed by atoms with van der Waals surface area (Å²) in [6, 6.07) is 6.83. The molecule has 0 spiro atoms. The van der Waals surface area contributed by atoms with E-state index in [2.05, 4.69) is 10.1 Å². The smallest absolute Gasteiger partial charge is 0.328 e. The van der Waals surface area contributed by atoms with Gasteiger partial charge in [-0.15, -0.1) is 0 Å². The first-order chi connectivity index (χ1) is 11.8. The first-order valence-electron chi connectivity index (χ1n) is 7.40. The fourth-order valence-corrected chi connectivity index (χ4v) is 2.40. The van der Waals surface area contributed by atoms with Gasteiger partial charge in [0, 0.05) is 18.6 Å². The van der Waals surface area contributed by atoms with E-state index >= 15 is 0 Å². The zero-order chi connectivity index (χ0) is 18.6. The Bertz CT molecular complexity index is 785. The minimum absolute atomic E-state index is 0.0739. The summed E-state index contributed by atoms with van der Waals surface area (Å²) in [6.45, 7) is 1.86. The molecule has 0 aliphatic carbocycles. The average Bonchev–Trinajstić information content (AvgIpc) is 2.52. The van der Waals surface area contributed by atoms with Crippen molar-refractivity contribution < 1.29 is 27.5 Å². The van der Waals surface area contributed by atoms with Gasteiger partial charge in [0.1, 0.15) is 29.1 Å². The number of halogens is 3. The van der Waals surface area contributed by atoms with E-state index in [9.17, 15) is 22.8 Å². The molecule has 0 unspecified atom stereocenters. The van der Waals surface area contributed by atoms with Crippen molar-refractivity contribution in [2.45, 2.75) is 19.4 Å². The van der Waals surface area contributed by atoms with Crippen molar-refractivity contribution in [3.05, 3.63) is 70.5 Å². The van der Waals surface area contributed by atoms with Crippen LogP contribution in [0.5, 0.6) is 0 Å². The topological polar surface area (TPSA) is 55.4 Å². The zero-order valence-electron chi connectivity index (χ0n) is 13.6. The quantitative estimate of drug-likeness (QED) is 0.843. The zero-order valence-corrected chi connectivity index (χ0v) is 13.6. The number of nitrogens with one attached hydrogen (secondary N) is 1. The van der Waals surface area contributed by atoms with Crippen LogP contribution < -0.4 is 5.32 Å². The fraction of sp³-hybridized carbons (Fsp3) is 0.222. The van der Waals surface area contributed by atoms with Gasteiger partial charge >= 0.3 is 5.97 Å². The van der Waals surface area contributed by atoms with Crippen LogP contribution in [0.1, 0.15) is 21.5 Å². The summed E-state index contributed by atoms with van der Waals surface area (Å²) in [5, 5.41) is 2.24. The van der Waals surface area contributed by atoms with E-state index in [1.807, 2.05) is 13.0 Å². The monoisotopic (exact) mass is 351 g/mol. The largest absolute Gasteiger partial charge is 0.467 e. The number of esters is 1. The highest BCUT2D eigenvalue weighted by Crippen LogP contribution is 2.15. The minimum atomic E-state index is -1.35. The average molecular weight is 351 g/mol. The summed E-state index contributed by atoms with van der Waals surface area (Å²) in [5.41, 5.74) is 0.721. The Labute approximate surface area is 142 Å². The molecule has 2 aromatic rings. The first-order valence-corrected chi connectivity index (χ1v) is 7.40. The molecule has 1 amide bonds. The molecule has 0 fully saturated rings. The third-order valence-corrected chi connectivity index (χ3v) is 3.55. The lowest BCUT2D eigenvalue weighted by atomic mass is 10.0. The minimum Gasteiger partial charge on any atom is -0.467 e. The van der Waals surface area contributed by atoms with Crippen molar-refractivity contribution in [1.29, 1.82) is 0 Å². The molecule has 2 rings (SSSR count). The highest BCUT2D eigenvalue weighted by atomic mass is 19.1. The molecule has 0 radical (unpaired) electrons. The van der Waals surface area contributed by atoms with Crippen molar-refractivity contribution in [2.75, 3.05) is 7.11 Å². The van der Waals surface area contributed by atoms with E-state index in [0.29, 0.717) is 12.1 Å². The van der Waals surface area contributed by atoms with E-state index in [0.717, 1.165) is 18.2 Å². The van der Waals surface area contributed by atoms with Crippen molar-refractivity contribution in [1.82, 2.24) is 5.32 Å². The second kappa shape index (κ2) is 7.83. The summed E-state index contributed by atoms with van der Waals surface area (Å²) in [7, 11) is 1.14. The van der Waals surface area contributed by atoms with Gasteiger partial charge in [0.2, 0.25) is 0 Å². The maximum absolute atomic E-state index is 13.7. The molecule has 0 saturated heterocycles. The third-order valence-electron chi connectivity index (χ3n) is 3.55. The number of hydrogen-bond donors (Lipinski definition) is 1. The molecule has 0 heterocycles. The lowest BCUT2D eigenvalue weighted by Gasteiger charge is -2.17. The van der Waals surface area contributed by atoms with Gasteiger partial charge in [0.15, 0.2) is 0 Å². The standard InChI is InChI=1S/C18H16F3NO3/c1-10-4-3-5-11(6-10)7-15(18(24)25-2)22-17(23)16-13(20)8-12(19)9-14(16)21/h3-6,8-9,15H,7H2,1-2H3,(H,22,23)/t15-/m0/s1. The van der Waals surface area contributed by atoms with Gasteiger partial charge < -0.3 is 10.1 Å². The molecule has 25 heavy (non-hydrogen) atoms. The van der Waals surface area contributed by atoms with Gasteiger partial charge in [-0.05, 0) is 12.5 Å². The van der Waals surface area contributed by atoms with Crippen LogP contribution in [0, 0.1) is 24.4 Å². The molecule has 0 aromatic heterocycles. The Morgan fingerprint density at radius 2 is 1.76 bits per heavy atom. The van der Waals surface area contributed by atoms with Crippen molar-refractivity contribution in [2.24, 2.45) is 0 Å². The third kappa shape index (κ3) is 4.59. The molecule has 1 N–H and O–H groups in total. The lowest BCUT2D eigenvalue weighted by Crippen LogP contribution is -2.43. The van der Waals surface area contributed by atoms with E-state index in [1.54, 1.807) is 18.2 Å². The van der Waals surface area contributed by atoms with E-state index in [4.69, 9.17) is 0 Å². The normalized spacial score (nSPS) is 11.7. The predicted octanol–water partition coefficient (Wildman–Crippen LogP) is 2.93. The molecule has 0 saturated carbocycles. The van der Waals surface area contributed by atoms with Crippen LogP contribution in [0.3, 0.4) is 0 Å². The summed E-state index contributed by atoms with van der Waals surface area (Å²) in [4.78, 5) is 24.1. The number of hydrogen-bond acceptors (Lipinski definition) is 3. The molecule has 132 valence electrons. The highest BCUT2D eigenvalue weighted by molar-refractivity contribution is 5.97. The number of aryl methyl sites for hydroxylation is 1. The number of benzene rings is 2. The highest BCUT2D eigenvalue weighted by Gasteiger charge is 2.26. The fourth-order valence-electron chi connectivity index (χ4n) is 2.40. The molecule has 1 atom stereocenters. The predicted molar refractivity (Wildman–Crippen MR) is 84.5 cm³/mol. The second-order valence-electron chi connectivity index (χ2n) is 5.49. The van der Waals surface area contributed by atoms with Crippen LogP contribution in [0.2, 0.25) is 0 Å². The summed E-state index contributed by atoms with van der Waals surface area (Å²) >= 11 is 0. The number of carbonyl (C=O) groups is 2. The molecule has 0 bridgehead atoms. The molecule has 4 nitrogen and oxygen atoms in total. The van der Waals surface area contributed by atoms with E-state index < -0.39 is 40.9 Å². The van der Waals surface area contributed by atoms with Gasteiger partial charge in [-0.2, -0.15) is 0 Å². The van der Waals surface area contributed by atoms with Crippen LogP contribution in [0.15, 0.2) is 36.4 Å². The van der Waals surface area contributed by atoms with Crippen LogP contribution in [-0.2, 0) is 16.0 Å². The van der Waals surface area contributed by atoms with Crippen molar-refractivity contribution in [3.63, 3.8) is 0 Å². The number of ether oxygens (including phenoxy) is 1. The maximum Gasteiger partial charge on any atom is 0.328 e. The molecular weight excluding hydrogens is 335 g/mol. The molecule has 2 aromatic carbocycles. The van der Waals surface area contributed by atoms with Crippen molar-refractivity contribution >= 4 is 11.9 Å². The Hall–Kier alpha value is -2.83. The molecule has 0 aliphatic heterocycles. The van der Waals surface area contributed by atoms with Gasteiger partial charge in [-0.3, -0.25) is 4.79 Å². The van der Waals surface area contributed by atoms with Crippen LogP contribution in [0.25, 0.3) is 0 Å². The Morgan fingerprint density at radius 3 is 2.32 bits per heavy atom. The van der Waals surface area contributed by atoms with E-state index in [1.165, 1.54) is 0 Å². The van der Waals surface area contributed by atoms with Gasteiger partial charge in [0.05, 0.1) is 7.11 Å². The molecule has 0 aliphatic rings. The SMILES string of the molecule is COC(=O)[C@H](Cc1cccc(C)c1)NC(=O)c1c(F)cc(F)cc1F. The number of methoxy groups -OCH3 is 1. The summed E-state index contributed by atoms with van der Waals surface area (Å²) < 4.78 is 45.0. The lowest BCUT2D eigenvalue weighted by molar-refractivity contribution is -0.142. The summed E-state index contributed by atoms with van der Waals surface area (Å²) in [5.74, 6) is -5.78. The van der Waals surface area contributed by atoms with Crippen molar-refractivity contribution in [3.8, 4) is 0 Å². The Kier molecular flexibility index (Phi) is 5.80. The Balaban J connectivity index is 2.25. The number of amides is 1. The van der Waals surface area contributed by atoms with Gasteiger partial charge in [-0.1, -0.05) is 29.8 Å². The van der Waals surface area contributed by atoms with Crippen LogP contribution in [0.4, 0.5) is 13.2 Å². The number of rotatable bonds is 5. The molecule has 7 heteroatoms. The van der Waals surface area contributed by atoms with Crippen LogP contribution in [-0.4, -0.2) is 25.0 Å². The molecular formula is C18H16F3NO3. The van der Waals surface area contributed by atoms with Gasteiger partial charge in [0.25, 0.3) is 5.91 Å². The van der Waals surface area contributed by atoms with Crippen LogP contribution >= 0.6 is 0 Å². The van der Waals surface area contributed by atoms with Gasteiger partial charge in [-0.25, -0.2) is 18.0 Å². The second-order valence-corrected chi connectivity index (χ2v) is 5.49. The number of carbonyl (C=O) groups excluding carboxylic acids is 2. The maximum atomic E-state index is 13.7. The van der Waals surface area contributed by atoms with E-state index in [-0.39, 0.29) is 6.42 Å². The Morgan fingerprint density at radius 1 is 1.12 bits per heavy atom. The first kappa shape index (κ1) is 18.5. The summed E-state index contributed by atoms with van der Waals surface area (Å²) in [6.07, 6.45) is 0.0739.